The van der Waals surface area contributed by atoms with Crippen molar-refractivity contribution in [2.24, 2.45) is 0 Å². The van der Waals surface area contributed by atoms with Crippen LogP contribution in [-0.2, 0) is 16.0 Å². The highest BCUT2D eigenvalue weighted by molar-refractivity contribution is 5.89. The summed E-state index contributed by atoms with van der Waals surface area (Å²) in [5.41, 5.74) is 1.93. The van der Waals surface area contributed by atoms with Crippen molar-refractivity contribution in [3.05, 3.63) is 36.0 Å². The molecular weight excluding hydrogens is 254 g/mol. The van der Waals surface area contributed by atoms with Gasteiger partial charge in [-0.2, -0.15) is 0 Å². The average Bonchev–Trinajstić information content (AvgIpc) is 2.89. The molecule has 3 rings (SSSR count). The fraction of sp³-hybridized carbons (Fsp3) is 0.333. The van der Waals surface area contributed by atoms with E-state index in [9.17, 15) is 9.59 Å². The van der Waals surface area contributed by atoms with E-state index < -0.39 is 0 Å². The summed E-state index contributed by atoms with van der Waals surface area (Å²) in [6.45, 7) is 1.87. The highest BCUT2D eigenvalue weighted by Crippen LogP contribution is 2.16. The minimum atomic E-state index is -0.354. The number of piperazine rings is 1. The zero-order valence-electron chi connectivity index (χ0n) is 11.1. The molecule has 5 heteroatoms. The van der Waals surface area contributed by atoms with Crippen LogP contribution in [0.1, 0.15) is 5.69 Å². The van der Waals surface area contributed by atoms with E-state index in [0.717, 1.165) is 29.6 Å². The molecule has 1 aromatic heterocycles. The Balaban J connectivity index is 1.76. The number of hydrogen-bond donors (Lipinski definition) is 2. The number of rotatable bonds is 4. The Hall–Kier alpha value is -2.14. The molecule has 1 aliphatic rings. The van der Waals surface area contributed by atoms with Crippen LogP contribution in [0.2, 0.25) is 0 Å². The molecule has 0 saturated carbocycles. The first kappa shape index (κ1) is 12.9. The van der Waals surface area contributed by atoms with Gasteiger partial charge in [-0.25, -0.2) is 0 Å². The lowest BCUT2D eigenvalue weighted by atomic mass is 10.0. The molecule has 0 radical (unpaired) electrons. The molecule has 1 aromatic carbocycles. The zero-order valence-corrected chi connectivity index (χ0v) is 11.1. The number of aromatic nitrogens is 1. The van der Waals surface area contributed by atoms with Crippen LogP contribution < -0.4 is 5.32 Å². The fourth-order valence-corrected chi connectivity index (χ4v) is 2.68. The van der Waals surface area contributed by atoms with Crippen molar-refractivity contribution in [3.63, 3.8) is 0 Å². The zero-order chi connectivity index (χ0) is 13.9. The van der Waals surface area contributed by atoms with Crippen LogP contribution in [0.4, 0.5) is 0 Å². The molecule has 1 fully saturated rings. The first-order valence-corrected chi connectivity index (χ1v) is 6.79. The van der Waals surface area contributed by atoms with Gasteiger partial charge in [-0.1, -0.05) is 18.2 Å². The largest absolute Gasteiger partial charge is 0.358 e. The van der Waals surface area contributed by atoms with Crippen molar-refractivity contribution < 1.29 is 9.59 Å². The number of Topliss-reactive ketones (excluding diaryl/α,β-unsaturated/α-hetero) is 1. The SMILES string of the molecule is O=CN1CCNCC1C(=O)Cc1cc2ccccc2[nH]1. The predicted molar refractivity (Wildman–Crippen MR) is 76.4 cm³/mol. The Morgan fingerprint density at radius 2 is 2.25 bits per heavy atom. The van der Waals surface area contributed by atoms with Gasteiger partial charge in [0, 0.05) is 37.3 Å². The normalized spacial score (nSPS) is 19.2. The van der Waals surface area contributed by atoms with Crippen LogP contribution in [-0.4, -0.2) is 47.8 Å². The van der Waals surface area contributed by atoms with Crippen molar-refractivity contribution in [1.29, 1.82) is 0 Å². The molecule has 5 nitrogen and oxygen atoms in total. The molecule has 2 heterocycles. The van der Waals surface area contributed by atoms with E-state index in [1.165, 1.54) is 0 Å². The summed E-state index contributed by atoms with van der Waals surface area (Å²) < 4.78 is 0. The summed E-state index contributed by atoms with van der Waals surface area (Å²) in [4.78, 5) is 28.2. The van der Waals surface area contributed by atoms with Crippen LogP contribution in [0, 0.1) is 0 Å². The number of nitrogens with one attached hydrogen (secondary N) is 2. The minimum absolute atomic E-state index is 0.0656. The third-order valence-corrected chi connectivity index (χ3v) is 3.74. The van der Waals surface area contributed by atoms with Gasteiger partial charge in [0.2, 0.25) is 6.41 Å². The number of para-hydroxylation sites is 1. The van der Waals surface area contributed by atoms with Crippen LogP contribution >= 0.6 is 0 Å². The maximum atomic E-state index is 12.4. The number of nitrogens with zero attached hydrogens (tertiary/aromatic N) is 1. The maximum absolute atomic E-state index is 12.4. The van der Waals surface area contributed by atoms with Crippen molar-refractivity contribution in [2.75, 3.05) is 19.6 Å². The van der Waals surface area contributed by atoms with Crippen LogP contribution in [0.25, 0.3) is 10.9 Å². The van der Waals surface area contributed by atoms with Gasteiger partial charge >= 0.3 is 0 Å². The van der Waals surface area contributed by atoms with Gasteiger partial charge in [0.05, 0.1) is 0 Å². The number of hydrogen-bond acceptors (Lipinski definition) is 3. The average molecular weight is 271 g/mol. The van der Waals surface area contributed by atoms with Gasteiger partial charge < -0.3 is 15.2 Å². The van der Waals surface area contributed by atoms with E-state index in [4.69, 9.17) is 0 Å². The lowest BCUT2D eigenvalue weighted by molar-refractivity contribution is -0.132. The number of benzene rings is 1. The van der Waals surface area contributed by atoms with Gasteiger partial charge in [0.15, 0.2) is 5.78 Å². The summed E-state index contributed by atoms with van der Waals surface area (Å²) in [6.07, 6.45) is 1.10. The second kappa shape index (κ2) is 5.46. The Morgan fingerprint density at radius 1 is 1.40 bits per heavy atom. The third-order valence-electron chi connectivity index (χ3n) is 3.74. The first-order valence-electron chi connectivity index (χ1n) is 6.79. The summed E-state index contributed by atoms with van der Waals surface area (Å²) in [5, 5.41) is 4.26. The molecular formula is C15H17N3O2. The van der Waals surface area contributed by atoms with Gasteiger partial charge in [-0.15, -0.1) is 0 Å². The van der Waals surface area contributed by atoms with Gasteiger partial charge in [-0.3, -0.25) is 9.59 Å². The topological polar surface area (TPSA) is 65.2 Å². The third kappa shape index (κ3) is 2.44. The Kier molecular flexibility index (Phi) is 3.52. The minimum Gasteiger partial charge on any atom is -0.358 e. The lowest BCUT2D eigenvalue weighted by Crippen LogP contribution is -2.54. The molecule has 1 aliphatic heterocycles. The fourth-order valence-electron chi connectivity index (χ4n) is 2.68. The molecule has 1 unspecified atom stereocenters. The van der Waals surface area contributed by atoms with E-state index >= 15 is 0 Å². The molecule has 1 atom stereocenters. The molecule has 104 valence electrons. The highest BCUT2D eigenvalue weighted by atomic mass is 16.1. The van der Waals surface area contributed by atoms with E-state index in [-0.39, 0.29) is 11.8 Å². The Labute approximate surface area is 117 Å². The van der Waals surface area contributed by atoms with Crippen molar-refractivity contribution >= 4 is 23.1 Å². The molecule has 2 aromatic rings. The molecule has 20 heavy (non-hydrogen) atoms. The standard InChI is InChI=1S/C15H17N3O2/c19-10-18-6-5-16-9-14(18)15(20)8-12-7-11-3-1-2-4-13(11)17-12/h1-4,7,10,14,16-17H,5-6,8-9H2. The second-order valence-corrected chi connectivity index (χ2v) is 5.09. The predicted octanol–water partition coefficient (Wildman–Crippen LogP) is 0.710. The van der Waals surface area contributed by atoms with Crippen LogP contribution in [0.3, 0.4) is 0 Å². The van der Waals surface area contributed by atoms with Crippen LogP contribution in [0.15, 0.2) is 30.3 Å². The van der Waals surface area contributed by atoms with E-state index in [1.54, 1.807) is 4.90 Å². The smallest absolute Gasteiger partial charge is 0.210 e. The summed E-state index contributed by atoms with van der Waals surface area (Å²) in [7, 11) is 0. The highest BCUT2D eigenvalue weighted by Gasteiger charge is 2.27. The number of carbonyl (C=O) groups excluding carboxylic acids is 2. The van der Waals surface area contributed by atoms with Gasteiger partial charge in [0.1, 0.15) is 6.04 Å². The first-order chi connectivity index (χ1) is 9.78. The number of amides is 1. The molecule has 1 amide bonds. The number of H-pyrrole nitrogens is 1. The lowest BCUT2D eigenvalue weighted by Gasteiger charge is -2.32. The number of carbonyl (C=O) groups is 2. The Morgan fingerprint density at radius 3 is 3.05 bits per heavy atom. The summed E-state index contributed by atoms with van der Waals surface area (Å²) in [5.74, 6) is 0.0656. The number of aromatic amines is 1. The van der Waals surface area contributed by atoms with Gasteiger partial charge in [0.25, 0.3) is 0 Å². The molecule has 1 saturated heterocycles. The quantitative estimate of drug-likeness (QED) is 0.805. The monoisotopic (exact) mass is 271 g/mol. The summed E-state index contributed by atoms with van der Waals surface area (Å²) in [6, 6.07) is 9.58. The Bertz CT molecular complexity index is 602. The van der Waals surface area contributed by atoms with Crippen molar-refractivity contribution in [1.82, 2.24) is 15.2 Å². The van der Waals surface area contributed by atoms with E-state index in [1.807, 2.05) is 30.3 Å². The van der Waals surface area contributed by atoms with Crippen molar-refractivity contribution in [3.8, 4) is 0 Å². The molecule has 0 aliphatic carbocycles. The maximum Gasteiger partial charge on any atom is 0.210 e. The van der Waals surface area contributed by atoms with Crippen molar-refractivity contribution in [2.45, 2.75) is 12.5 Å². The van der Waals surface area contributed by atoms with Crippen LogP contribution in [0.5, 0.6) is 0 Å². The molecule has 2 N–H and O–H groups in total. The number of fused-ring (bicyclic) bond motifs is 1. The molecule has 0 bridgehead atoms. The van der Waals surface area contributed by atoms with E-state index in [2.05, 4.69) is 10.3 Å². The van der Waals surface area contributed by atoms with E-state index in [0.29, 0.717) is 19.5 Å². The summed E-state index contributed by atoms with van der Waals surface area (Å²) >= 11 is 0. The molecule has 0 spiro atoms. The number of ketones is 1. The second-order valence-electron chi connectivity index (χ2n) is 5.09. The van der Waals surface area contributed by atoms with Gasteiger partial charge in [-0.05, 0) is 17.5 Å².